The van der Waals surface area contributed by atoms with E-state index < -0.39 is 65.1 Å². The number of aromatic nitrogens is 5. The van der Waals surface area contributed by atoms with E-state index in [0.29, 0.717) is 150 Å². The molecule has 6 aromatic carbocycles. The number of amides is 4. The fraction of sp³-hybridized carbons (Fsp3) is 0.415. The Balaban J connectivity index is 0.000000822. The van der Waals surface area contributed by atoms with Crippen LogP contribution in [0, 0.1) is 0 Å². The van der Waals surface area contributed by atoms with E-state index in [0.717, 1.165) is 94.5 Å². The number of H-pyrrole nitrogens is 5. The minimum Gasteiger partial charge on any atom is -1.00 e. The zero-order valence-corrected chi connectivity index (χ0v) is 78.4. The first-order chi connectivity index (χ1) is 59.9. The second kappa shape index (κ2) is 55.5. The summed E-state index contributed by atoms with van der Waals surface area (Å²) < 4.78 is 57.3. The number of nitrogens with one attached hydrogen (secondary N) is 9. The number of hydrogen-bond donors (Lipinski definition) is 13. The number of rotatable bonds is 33. The minimum absolute atomic E-state index is 0. The SMILES string of the molecule is C.CCOC(=O)c1[nH]c2ccc(O)cc2c1CCCNC(=O)OC(C)(C)C.CCOC(=O)c1[nH]c2ccc(OC)cc2c1CCCNC(=O)OC(C)(C)C.CCOC(=O)c1[nH]c2ccc(OCc3ccccc3)cc2c1CCCNC(=O)OC.COc1ccc2[nH]c(C(=O)O)c(CCCN)c2c1.COc1ccc2[nH]c(C(=O)O)c(CCCNC(=O)OC(C)(C)C)c2c1.Cl.[Cl-].[HH].[Li+].[OH-]. The van der Waals surface area contributed by atoms with Gasteiger partial charge >= 0.3 is 73.1 Å². The van der Waals surface area contributed by atoms with Crippen LogP contribution in [-0.2, 0) is 71.9 Å². The van der Waals surface area contributed by atoms with Crippen LogP contribution >= 0.6 is 12.4 Å². The number of esters is 3. The molecule has 37 heteroatoms. The van der Waals surface area contributed by atoms with Crippen molar-refractivity contribution in [3.05, 3.63) is 183 Å². The molecular formula is C94H128Cl2LiN10O24-. The van der Waals surface area contributed by atoms with E-state index in [1.165, 1.54) is 7.11 Å². The number of alkyl carbamates (subject to hydrolysis) is 4. The van der Waals surface area contributed by atoms with E-state index >= 15 is 0 Å². The summed E-state index contributed by atoms with van der Waals surface area (Å²) in [7, 11) is 6.08. The second-order valence-corrected chi connectivity index (χ2v) is 31.6. The van der Waals surface area contributed by atoms with Gasteiger partial charge in [-0.2, -0.15) is 0 Å². The minimum atomic E-state index is -1.01. The first-order valence-corrected chi connectivity index (χ1v) is 41.6. The molecule has 5 aromatic heterocycles. The van der Waals surface area contributed by atoms with E-state index in [-0.39, 0.29) is 87.7 Å². The van der Waals surface area contributed by atoms with Crippen molar-refractivity contribution in [2.45, 2.75) is 178 Å². The van der Waals surface area contributed by atoms with Gasteiger partial charge in [-0.15, -0.1) is 12.4 Å². The fourth-order valence-corrected chi connectivity index (χ4v) is 13.3. The number of methoxy groups -OCH3 is 4. The first kappa shape index (κ1) is 115. The molecule has 34 nitrogen and oxygen atoms in total. The number of aryl methyl sites for hydroxylation is 5. The summed E-state index contributed by atoms with van der Waals surface area (Å²) in [5.41, 5.74) is 14.5. The summed E-state index contributed by atoms with van der Waals surface area (Å²) in [6, 6.07) is 37.0. The quantitative estimate of drug-likeness (QED) is 0.00786. The number of halogens is 2. The molecule has 714 valence electrons. The number of ether oxygens (including phenoxy) is 11. The Morgan fingerprint density at radius 3 is 0.962 bits per heavy atom. The normalized spacial score (nSPS) is 10.7. The van der Waals surface area contributed by atoms with Gasteiger partial charge in [0.2, 0.25) is 0 Å². The Bertz CT molecular complexity index is 5520. The molecule has 5 heterocycles. The molecule has 0 saturated carbocycles. The smallest absolute Gasteiger partial charge is 1.00 e. The molecule has 131 heavy (non-hydrogen) atoms. The van der Waals surface area contributed by atoms with E-state index in [4.69, 9.17) is 53.1 Å². The first-order valence-electron chi connectivity index (χ1n) is 41.6. The van der Waals surface area contributed by atoms with Gasteiger partial charge in [0.05, 0.1) is 48.3 Å². The molecule has 0 aliphatic rings. The maximum absolute atomic E-state index is 12.4. The number of carboxylic acids is 2. The number of fused-ring (bicyclic) bond motifs is 5. The molecule has 0 saturated heterocycles. The molecule has 0 fully saturated rings. The zero-order chi connectivity index (χ0) is 92.4. The summed E-state index contributed by atoms with van der Waals surface area (Å²) in [5, 5.41) is 43.4. The van der Waals surface area contributed by atoms with Crippen molar-refractivity contribution in [2.75, 3.05) is 81.0 Å². The molecule has 0 aliphatic carbocycles. The van der Waals surface area contributed by atoms with E-state index in [2.05, 4.69) is 50.9 Å². The summed E-state index contributed by atoms with van der Waals surface area (Å²) in [5.74, 6) is -0.233. The third kappa shape index (κ3) is 35.7. The Kier molecular flexibility index (Phi) is 48.6. The molecule has 0 unspecified atom stereocenters. The number of phenols is 1. The van der Waals surface area contributed by atoms with Gasteiger partial charge in [0, 0.05) is 82.1 Å². The number of carbonyl (C=O) groups is 9. The molecule has 4 amide bonds. The zero-order valence-electron chi connectivity index (χ0n) is 76.8. The molecule has 11 aromatic rings. The van der Waals surface area contributed by atoms with Crippen molar-refractivity contribution < 1.29 is 149 Å². The Labute approximate surface area is 788 Å². The second-order valence-electron chi connectivity index (χ2n) is 31.6. The van der Waals surface area contributed by atoms with Crippen LogP contribution in [0.1, 0.15) is 210 Å². The Morgan fingerprint density at radius 2 is 0.672 bits per heavy atom. The van der Waals surface area contributed by atoms with E-state index in [1.54, 1.807) is 120 Å². The van der Waals surface area contributed by atoms with Gasteiger partial charge in [-0.05, 0) is 278 Å². The molecule has 0 radical (unpaired) electrons. The van der Waals surface area contributed by atoms with Crippen LogP contribution in [0.2, 0.25) is 0 Å². The number of aromatic carboxylic acids is 2. The Morgan fingerprint density at radius 1 is 0.397 bits per heavy atom. The molecule has 11 rings (SSSR count). The third-order valence-electron chi connectivity index (χ3n) is 18.7. The molecule has 0 atom stereocenters. The number of phenolic OH excluding ortho intramolecular Hbond substituents is 1. The number of hydrogen-bond acceptors (Lipinski definition) is 23. The van der Waals surface area contributed by atoms with Gasteiger partial charge in [0.15, 0.2) is 0 Å². The molecule has 0 aliphatic heterocycles. The van der Waals surface area contributed by atoms with Crippen molar-refractivity contribution in [1.29, 1.82) is 0 Å². The van der Waals surface area contributed by atoms with Gasteiger partial charge in [-0.1, -0.05) is 37.8 Å². The van der Waals surface area contributed by atoms with Crippen LogP contribution in [0.25, 0.3) is 54.5 Å². The van der Waals surface area contributed by atoms with Gasteiger partial charge in [0.25, 0.3) is 0 Å². The van der Waals surface area contributed by atoms with Crippen LogP contribution in [0.4, 0.5) is 19.2 Å². The predicted octanol–water partition coefficient (Wildman–Crippen LogP) is 11.8. The largest absolute Gasteiger partial charge is 1.00 e. The number of nitrogens with two attached hydrogens (primary N) is 1. The summed E-state index contributed by atoms with van der Waals surface area (Å²) >= 11 is 0. The number of aromatic hydroxyl groups is 1. The van der Waals surface area contributed by atoms with Crippen molar-refractivity contribution in [3.8, 4) is 28.7 Å². The molecule has 0 bridgehead atoms. The van der Waals surface area contributed by atoms with Crippen molar-refractivity contribution in [3.63, 3.8) is 0 Å². The molecular weight excluding hydrogens is 1730 g/mol. The summed E-state index contributed by atoms with van der Waals surface area (Å²) in [6.07, 6.45) is 4.22. The van der Waals surface area contributed by atoms with Gasteiger partial charge in [-0.3, -0.25) is 0 Å². The summed E-state index contributed by atoms with van der Waals surface area (Å²) in [6.45, 7) is 25.1. The topological polar surface area (TPSA) is 499 Å². The van der Waals surface area contributed by atoms with Crippen molar-refractivity contribution in [1.82, 2.24) is 46.2 Å². The molecule has 0 spiro atoms. The number of benzene rings is 6. The number of carbonyl (C=O) groups excluding carboxylic acids is 7. The number of carboxylic acid groups (broad SMARTS) is 2. The Hall–Kier alpha value is -12.5. The van der Waals surface area contributed by atoms with Gasteiger partial charge in [-0.25, -0.2) is 43.2 Å². The number of aromatic amines is 5. The molecule has 15 N–H and O–H groups in total. The van der Waals surface area contributed by atoms with Gasteiger partial charge in [0.1, 0.15) is 80.6 Å². The average Bonchev–Trinajstić information content (AvgIpc) is 1.68. The third-order valence-corrected chi connectivity index (χ3v) is 18.7. The van der Waals surface area contributed by atoms with Crippen LogP contribution in [0.15, 0.2) is 121 Å². The summed E-state index contributed by atoms with van der Waals surface area (Å²) in [4.78, 5) is 121. The van der Waals surface area contributed by atoms with Crippen LogP contribution < -0.4 is 77.2 Å². The van der Waals surface area contributed by atoms with Crippen LogP contribution in [-0.4, -0.2) is 198 Å². The maximum atomic E-state index is 12.4. The van der Waals surface area contributed by atoms with E-state index in [9.17, 15) is 58.5 Å². The van der Waals surface area contributed by atoms with E-state index in [1.807, 2.05) is 106 Å². The van der Waals surface area contributed by atoms with Crippen molar-refractivity contribution >= 4 is 121 Å². The average molecular weight is 1860 g/mol. The van der Waals surface area contributed by atoms with Crippen LogP contribution in [0.5, 0.6) is 28.7 Å². The van der Waals surface area contributed by atoms with Crippen molar-refractivity contribution in [2.24, 2.45) is 5.73 Å². The van der Waals surface area contributed by atoms with Gasteiger partial charge < -0.3 is 137 Å². The monoisotopic (exact) mass is 1860 g/mol. The maximum Gasteiger partial charge on any atom is 1.00 e. The fourth-order valence-electron chi connectivity index (χ4n) is 13.3. The predicted molar refractivity (Wildman–Crippen MR) is 497 cm³/mol. The van der Waals surface area contributed by atoms with Crippen LogP contribution in [0.3, 0.4) is 0 Å². The standard InChI is InChI=1S/C23H26N2O5.C20H28N2O5.C19H26N2O5.C18H24N2O5.C13H16N2O3.CH4.2ClH.Li.H2O.H2/c1-3-29-22(26)21-18(10-7-13-24-23(27)28-2)19-14-17(11-12-20(19)25-21)30-15-16-8-5-4-6-9-16;1-6-26-18(23)17-14(8-7-11-21-19(24)27-20(2,3)4)15-12-13(25-5)9-10-16(15)22-17;1-5-25-17(23)16-13(14-11-12(22)8-9-15(14)21-16)7-6-10-20-18(24)26-19(2,3)4;1-18(2,3)25-17(23)19-9-5-6-12-13-10-11(24-4)7-8-14(13)20-15(12)16(21)22;1-18-8-4-5-11-10(7-8)9(3-2-6-14)12(15-11)13(16)17;;;;;;/h4-6,8-9,11-12,14,25H,3,7,10,13,15H2,1-2H3,(H,24,27);9-10,12,22H,6-8,11H2,1-5H3,(H,21,24);8-9,11,21-22H,5-7,10H2,1-4H3,(H,20,24);7-8,10,20H,5-6,9H2,1-4H3,(H,19,23)(H,21,22);4-5,7,15H,2-3,6,14H2,1H3,(H,16,17);1H4;2*1H;;1H2;1H/q;;;;;;;;+1;;/p-2.